The molecule has 30 heavy (non-hydrogen) atoms. The van der Waals surface area contributed by atoms with E-state index in [0.717, 1.165) is 11.3 Å². The zero-order chi connectivity index (χ0) is 21.1. The molecule has 0 saturated carbocycles. The normalized spacial score (nSPS) is 10.7. The number of non-ortho nitro benzene ring substituents is 1. The number of benzene rings is 2. The van der Waals surface area contributed by atoms with Gasteiger partial charge in [-0.15, -0.1) is 5.10 Å². The summed E-state index contributed by atoms with van der Waals surface area (Å²) < 4.78 is 3.03. The van der Waals surface area contributed by atoms with Crippen molar-refractivity contribution >= 4 is 11.6 Å². The van der Waals surface area contributed by atoms with Gasteiger partial charge in [0, 0.05) is 18.7 Å². The molecule has 150 valence electrons. The topological polar surface area (TPSA) is 134 Å². The first kappa shape index (κ1) is 18.9. The molecular weight excluding hydrogens is 388 g/mol. The first-order valence-corrected chi connectivity index (χ1v) is 8.92. The highest BCUT2D eigenvalue weighted by molar-refractivity contribution is 5.93. The van der Waals surface area contributed by atoms with E-state index in [4.69, 9.17) is 0 Å². The summed E-state index contributed by atoms with van der Waals surface area (Å²) in [6, 6.07) is 13.5. The van der Waals surface area contributed by atoms with Gasteiger partial charge in [0.15, 0.2) is 5.69 Å². The van der Waals surface area contributed by atoms with Crippen LogP contribution in [-0.4, -0.2) is 40.6 Å². The molecule has 0 spiro atoms. The molecule has 0 fully saturated rings. The molecule has 2 aromatic carbocycles. The Hall–Kier alpha value is -4.41. The van der Waals surface area contributed by atoms with Gasteiger partial charge >= 0.3 is 0 Å². The summed E-state index contributed by atoms with van der Waals surface area (Å²) in [4.78, 5) is 27.0. The molecule has 4 aromatic rings. The van der Waals surface area contributed by atoms with Crippen LogP contribution in [0, 0.1) is 17.0 Å². The molecule has 0 bridgehead atoms. The Bertz CT molecular complexity index is 1200. The van der Waals surface area contributed by atoms with Crippen molar-refractivity contribution in [2.24, 2.45) is 0 Å². The third-order valence-corrected chi connectivity index (χ3v) is 4.47. The molecule has 1 amide bonds. The number of carbonyl (C=O) groups excluding carboxylic acids is 1. The lowest BCUT2D eigenvalue weighted by Gasteiger charge is -2.06. The van der Waals surface area contributed by atoms with Gasteiger partial charge in [-0.25, -0.2) is 14.3 Å². The van der Waals surface area contributed by atoms with Crippen LogP contribution in [0.4, 0.5) is 5.69 Å². The predicted octanol–water partition coefficient (Wildman–Crippen LogP) is 1.99. The van der Waals surface area contributed by atoms with Gasteiger partial charge in [-0.3, -0.25) is 14.9 Å². The number of nitro groups is 1. The number of nitrogens with zero attached hydrogens (tertiary/aromatic N) is 7. The highest BCUT2D eigenvalue weighted by Gasteiger charge is 2.18. The van der Waals surface area contributed by atoms with E-state index >= 15 is 0 Å². The lowest BCUT2D eigenvalue weighted by molar-refractivity contribution is -0.384. The predicted molar refractivity (Wildman–Crippen MR) is 105 cm³/mol. The van der Waals surface area contributed by atoms with Crippen molar-refractivity contribution in [3.05, 3.63) is 88.3 Å². The molecule has 2 aromatic heterocycles. The van der Waals surface area contributed by atoms with Crippen molar-refractivity contribution in [3.8, 4) is 11.4 Å². The molecule has 0 aliphatic rings. The summed E-state index contributed by atoms with van der Waals surface area (Å²) >= 11 is 0. The number of rotatable bonds is 6. The minimum Gasteiger partial charge on any atom is -0.347 e. The molecule has 11 heteroatoms. The van der Waals surface area contributed by atoms with E-state index in [1.54, 1.807) is 30.1 Å². The van der Waals surface area contributed by atoms with Crippen molar-refractivity contribution < 1.29 is 9.72 Å². The Morgan fingerprint density at radius 2 is 1.97 bits per heavy atom. The highest BCUT2D eigenvalue weighted by atomic mass is 16.6. The highest BCUT2D eigenvalue weighted by Crippen LogP contribution is 2.18. The molecule has 4 rings (SSSR count). The monoisotopic (exact) mass is 404 g/mol. The minimum atomic E-state index is -0.489. The SMILES string of the molecule is Cc1c(C(=O)NCc2ccc(-n3cncn3)cc2)nnn1-c1cccc([N+](=O)[O-])c1. The maximum Gasteiger partial charge on any atom is 0.274 e. The summed E-state index contributed by atoms with van der Waals surface area (Å²) in [6.45, 7) is 1.99. The quantitative estimate of drug-likeness (QED) is 0.384. The zero-order valence-electron chi connectivity index (χ0n) is 15.8. The smallest absolute Gasteiger partial charge is 0.274 e. The fourth-order valence-corrected chi connectivity index (χ4v) is 2.90. The summed E-state index contributed by atoms with van der Waals surface area (Å²) in [5.74, 6) is -0.385. The second-order valence-corrected chi connectivity index (χ2v) is 6.40. The summed E-state index contributed by atoms with van der Waals surface area (Å²) in [7, 11) is 0. The molecule has 0 unspecified atom stereocenters. The van der Waals surface area contributed by atoms with Gasteiger partial charge in [0.05, 0.1) is 22.0 Å². The van der Waals surface area contributed by atoms with Crippen LogP contribution in [0.5, 0.6) is 0 Å². The molecule has 0 saturated heterocycles. The van der Waals surface area contributed by atoms with Gasteiger partial charge in [0.2, 0.25) is 0 Å². The Kier molecular flexibility index (Phi) is 4.99. The summed E-state index contributed by atoms with van der Waals surface area (Å²) in [5, 5.41) is 25.8. The van der Waals surface area contributed by atoms with Crippen molar-refractivity contribution in [1.29, 1.82) is 0 Å². The molecule has 0 aliphatic heterocycles. The van der Waals surface area contributed by atoms with E-state index in [1.807, 2.05) is 24.3 Å². The Morgan fingerprint density at radius 3 is 2.67 bits per heavy atom. The summed E-state index contributed by atoms with van der Waals surface area (Å²) in [5.41, 5.74) is 2.78. The molecule has 1 N–H and O–H groups in total. The van der Waals surface area contributed by atoms with Gasteiger partial charge in [-0.1, -0.05) is 23.4 Å². The first-order valence-electron chi connectivity index (χ1n) is 8.92. The minimum absolute atomic E-state index is 0.0669. The molecule has 0 radical (unpaired) electrons. The molecule has 2 heterocycles. The second kappa shape index (κ2) is 7.91. The maximum absolute atomic E-state index is 12.6. The number of hydrogen-bond acceptors (Lipinski definition) is 7. The summed E-state index contributed by atoms with van der Waals surface area (Å²) in [6.07, 6.45) is 3.06. The van der Waals surface area contributed by atoms with Crippen LogP contribution < -0.4 is 5.32 Å². The van der Waals surface area contributed by atoms with Crippen LogP contribution >= 0.6 is 0 Å². The van der Waals surface area contributed by atoms with Crippen LogP contribution in [0.25, 0.3) is 11.4 Å². The van der Waals surface area contributed by atoms with E-state index < -0.39 is 4.92 Å². The van der Waals surface area contributed by atoms with Crippen molar-refractivity contribution in [2.45, 2.75) is 13.5 Å². The van der Waals surface area contributed by atoms with E-state index in [2.05, 4.69) is 25.7 Å². The van der Waals surface area contributed by atoms with Crippen LogP contribution in [0.15, 0.2) is 61.2 Å². The van der Waals surface area contributed by atoms with E-state index in [-0.39, 0.29) is 17.3 Å². The molecule has 0 aliphatic carbocycles. The number of nitrogens with one attached hydrogen (secondary N) is 1. The Morgan fingerprint density at radius 1 is 1.17 bits per heavy atom. The van der Waals surface area contributed by atoms with Crippen molar-refractivity contribution in [2.75, 3.05) is 0 Å². The number of amides is 1. The van der Waals surface area contributed by atoms with Crippen LogP contribution in [0.1, 0.15) is 21.7 Å². The number of hydrogen-bond donors (Lipinski definition) is 1. The number of nitro benzene ring substituents is 1. The number of aromatic nitrogens is 6. The van der Waals surface area contributed by atoms with Gasteiger partial charge < -0.3 is 5.32 Å². The van der Waals surface area contributed by atoms with Gasteiger partial charge in [-0.05, 0) is 30.7 Å². The molecule has 11 nitrogen and oxygen atoms in total. The second-order valence-electron chi connectivity index (χ2n) is 6.40. The lowest BCUT2D eigenvalue weighted by Crippen LogP contribution is -2.24. The maximum atomic E-state index is 12.6. The third kappa shape index (κ3) is 3.76. The molecular formula is C19H16N8O3. The average molecular weight is 404 g/mol. The first-order chi connectivity index (χ1) is 14.5. The van der Waals surface area contributed by atoms with Crippen LogP contribution in [-0.2, 0) is 6.54 Å². The Labute approximate surface area is 170 Å². The third-order valence-electron chi connectivity index (χ3n) is 4.47. The number of carbonyl (C=O) groups is 1. The van der Waals surface area contributed by atoms with Crippen LogP contribution in [0.3, 0.4) is 0 Å². The Balaban J connectivity index is 1.46. The van der Waals surface area contributed by atoms with E-state index in [0.29, 0.717) is 17.9 Å². The van der Waals surface area contributed by atoms with Gasteiger partial charge in [0.1, 0.15) is 12.7 Å². The van der Waals surface area contributed by atoms with Gasteiger partial charge in [0.25, 0.3) is 11.6 Å². The van der Waals surface area contributed by atoms with Crippen molar-refractivity contribution in [1.82, 2.24) is 35.1 Å². The fourth-order valence-electron chi connectivity index (χ4n) is 2.90. The molecule has 0 atom stereocenters. The van der Waals surface area contributed by atoms with Gasteiger partial charge in [-0.2, -0.15) is 5.10 Å². The standard InChI is InChI=1S/C19H16N8O3/c1-13-18(23-24-26(13)16-3-2-4-17(9-16)27(29)30)19(28)21-10-14-5-7-15(8-6-14)25-12-20-11-22-25/h2-9,11-12H,10H2,1H3,(H,21,28). The van der Waals surface area contributed by atoms with Crippen molar-refractivity contribution in [3.63, 3.8) is 0 Å². The largest absolute Gasteiger partial charge is 0.347 e. The fraction of sp³-hybridized carbons (Fsp3) is 0.105. The van der Waals surface area contributed by atoms with Crippen LogP contribution in [0.2, 0.25) is 0 Å². The zero-order valence-corrected chi connectivity index (χ0v) is 15.8. The lowest BCUT2D eigenvalue weighted by atomic mass is 10.2. The average Bonchev–Trinajstić information content (AvgIpc) is 3.42. The van der Waals surface area contributed by atoms with E-state index in [9.17, 15) is 14.9 Å². The van der Waals surface area contributed by atoms with E-state index in [1.165, 1.54) is 23.1 Å².